The van der Waals surface area contributed by atoms with Crippen LogP contribution in [0.1, 0.15) is 44.8 Å². The lowest BCUT2D eigenvalue weighted by Crippen LogP contribution is -2.42. The van der Waals surface area contributed by atoms with Crippen LogP contribution in [0.2, 0.25) is 0 Å². The second kappa shape index (κ2) is 9.02. The van der Waals surface area contributed by atoms with E-state index in [2.05, 4.69) is 32.4 Å². The highest BCUT2D eigenvalue weighted by atomic mass is 79.9. The van der Waals surface area contributed by atoms with Gasteiger partial charge in [-0.3, -0.25) is 9.48 Å². The molecule has 1 atom stereocenters. The lowest BCUT2D eigenvalue weighted by atomic mass is 10.0. The molecule has 5 rings (SSSR count). The molecule has 0 saturated heterocycles. The minimum absolute atomic E-state index is 0.0457. The molecule has 0 saturated carbocycles. The number of hydrogen-bond acceptors (Lipinski definition) is 5. The first-order chi connectivity index (χ1) is 16.5. The van der Waals surface area contributed by atoms with Gasteiger partial charge in [-0.25, -0.2) is 0 Å². The van der Waals surface area contributed by atoms with E-state index in [0.29, 0.717) is 18.7 Å². The van der Waals surface area contributed by atoms with Gasteiger partial charge in [-0.2, -0.15) is 5.10 Å². The van der Waals surface area contributed by atoms with Crippen molar-refractivity contribution in [2.45, 2.75) is 33.1 Å². The van der Waals surface area contributed by atoms with Crippen LogP contribution in [0.5, 0.6) is 5.75 Å². The Kier molecular flexibility index (Phi) is 5.91. The Morgan fingerprint density at radius 3 is 2.65 bits per heavy atom. The van der Waals surface area contributed by atoms with Gasteiger partial charge in [0.1, 0.15) is 17.7 Å². The van der Waals surface area contributed by atoms with Crippen LogP contribution in [0.3, 0.4) is 0 Å². The molecule has 1 unspecified atom stereocenters. The zero-order chi connectivity index (χ0) is 23.8. The van der Waals surface area contributed by atoms with Crippen LogP contribution in [0.15, 0.2) is 69.8 Å². The van der Waals surface area contributed by atoms with E-state index >= 15 is 0 Å². The fourth-order valence-corrected chi connectivity index (χ4v) is 4.66. The predicted molar refractivity (Wildman–Crippen MR) is 133 cm³/mol. The number of hydrogen-bond donors (Lipinski definition) is 1. The maximum Gasteiger partial charge on any atom is 0.258 e. The molecule has 3 heterocycles. The van der Waals surface area contributed by atoms with Gasteiger partial charge in [0.2, 0.25) is 0 Å². The highest BCUT2D eigenvalue weighted by Gasteiger charge is 2.33. The van der Waals surface area contributed by atoms with Crippen LogP contribution in [-0.2, 0) is 13.1 Å². The van der Waals surface area contributed by atoms with E-state index in [0.717, 1.165) is 44.2 Å². The number of benzene rings is 2. The highest BCUT2D eigenvalue weighted by Crippen LogP contribution is 2.36. The van der Waals surface area contributed by atoms with E-state index in [-0.39, 0.29) is 12.1 Å². The highest BCUT2D eigenvalue weighted by molar-refractivity contribution is 9.10. The maximum absolute atomic E-state index is 13.5. The second-order valence-electron chi connectivity index (χ2n) is 8.32. The van der Waals surface area contributed by atoms with Gasteiger partial charge in [0, 0.05) is 11.3 Å². The number of furan rings is 1. The number of rotatable bonds is 6. The molecule has 0 aliphatic carbocycles. The summed E-state index contributed by atoms with van der Waals surface area (Å²) in [5, 5.41) is 8.20. The molecule has 0 radical (unpaired) electrons. The van der Waals surface area contributed by atoms with Crippen molar-refractivity contribution >= 4 is 27.5 Å². The van der Waals surface area contributed by atoms with Crippen LogP contribution in [0.4, 0.5) is 5.69 Å². The molecule has 7 nitrogen and oxygen atoms in total. The number of carbonyl (C=O) groups is 1. The topological polar surface area (TPSA) is 72.5 Å². The third kappa shape index (κ3) is 3.98. The number of nitrogens with one attached hydrogen (secondary N) is 1. The molecule has 8 heteroatoms. The van der Waals surface area contributed by atoms with Crippen molar-refractivity contribution in [3.05, 3.63) is 99.2 Å². The summed E-state index contributed by atoms with van der Waals surface area (Å²) in [4.78, 5) is 15.3. The Balaban J connectivity index is 1.55. The van der Waals surface area contributed by atoms with Crippen molar-refractivity contribution < 1.29 is 13.9 Å². The Morgan fingerprint density at radius 1 is 1.12 bits per heavy atom. The first-order valence-electron chi connectivity index (χ1n) is 11.0. The number of halogens is 1. The third-order valence-corrected chi connectivity index (χ3v) is 7.31. The van der Waals surface area contributed by atoms with Crippen molar-refractivity contribution in [2.75, 3.05) is 12.4 Å². The second-order valence-corrected chi connectivity index (χ2v) is 9.11. The number of amides is 1. The maximum atomic E-state index is 13.5. The van der Waals surface area contributed by atoms with Crippen LogP contribution in [0, 0.1) is 13.8 Å². The average Bonchev–Trinajstić information content (AvgIpc) is 3.45. The van der Waals surface area contributed by atoms with Crippen LogP contribution >= 0.6 is 15.9 Å². The van der Waals surface area contributed by atoms with E-state index in [1.165, 1.54) is 0 Å². The van der Waals surface area contributed by atoms with Crippen molar-refractivity contribution in [1.29, 1.82) is 0 Å². The number of ether oxygens (including phenoxy) is 1. The number of fused-ring (bicyclic) bond motifs is 1. The van der Waals surface area contributed by atoms with E-state index < -0.39 is 0 Å². The minimum Gasteiger partial charge on any atom is -0.496 e. The molecule has 0 spiro atoms. The molecule has 2 aromatic heterocycles. The molecule has 1 aliphatic rings. The third-order valence-electron chi connectivity index (χ3n) is 6.16. The van der Waals surface area contributed by atoms with Gasteiger partial charge in [-0.05, 0) is 71.7 Å². The van der Waals surface area contributed by atoms with Gasteiger partial charge in [0.25, 0.3) is 5.91 Å². The number of carbonyl (C=O) groups excluding carboxylic acids is 1. The number of aromatic nitrogens is 2. The Morgan fingerprint density at radius 2 is 1.94 bits per heavy atom. The van der Waals surface area contributed by atoms with E-state index in [1.807, 2.05) is 67.1 Å². The smallest absolute Gasteiger partial charge is 0.258 e. The number of aryl methyl sites for hydroxylation is 1. The molecule has 1 aliphatic heterocycles. The zero-order valence-corrected chi connectivity index (χ0v) is 20.8. The van der Waals surface area contributed by atoms with Gasteiger partial charge >= 0.3 is 0 Å². The van der Waals surface area contributed by atoms with Crippen molar-refractivity contribution in [2.24, 2.45) is 0 Å². The molecule has 1 amide bonds. The SMILES string of the molecule is COc1ccc(C2Nc3ccccc3C(=O)N2Cc2ccco2)cc1Cn1nc(C)c(Br)c1C. The summed E-state index contributed by atoms with van der Waals surface area (Å²) in [6, 6.07) is 17.3. The molecular weight excluding hydrogens is 496 g/mol. The first-order valence-corrected chi connectivity index (χ1v) is 11.8. The molecule has 174 valence electrons. The van der Waals surface area contributed by atoms with Gasteiger partial charge in [0.05, 0.1) is 47.9 Å². The molecule has 2 aromatic carbocycles. The molecular formula is C26H25BrN4O3. The number of nitrogens with zero attached hydrogens (tertiary/aromatic N) is 3. The molecule has 1 N–H and O–H groups in total. The molecule has 0 bridgehead atoms. The Labute approximate surface area is 206 Å². The summed E-state index contributed by atoms with van der Waals surface area (Å²) in [6.07, 6.45) is 1.25. The summed E-state index contributed by atoms with van der Waals surface area (Å²) in [5.74, 6) is 1.45. The average molecular weight is 521 g/mol. The van der Waals surface area contributed by atoms with Crippen LogP contribution < -0.4 is 10.1 Å². The quantitative estimate of drug-likeness (QED) is 0.354. The summed E-state index contributed by atoms with van der Waals surface area (Å²) in [5.41, 5.74) is 5.37. The summed E-state index contributed by atoms with van der Waals surface area (Å²) < 4.78 is 14.2. The van der Waals surface area contributed by atoms with E-state index in [4.69, 9.17) is 9.15 Å². The van der Waals surface area contributed by atoms with E-state index in [9.17, 15) is 4.79 Å². The summed E-state index contributed by atoms with van der Waals surface area (Å²) >= 11 is 3.61. The van der Waals surface area contributed by atoms with Crippen molar-refractivity contribution in [3.8, 4) is 5.75 Å². The van der Waals surface area contributed by atoms with Gasteiger partial charge in [-0.15, -0.1) is 0 Å². The number of para-hydroxylation sites is 1. The lowest BCUT2D eigenvalue weighted by molar-refractivity contribution is 0.0651. The van der Waals surface area contributed by atoms with Crippen molar-refractivity contribution in [1.82, 2.24) is 14.7 Å². The number of methoxy groups -OCH3 is 1. The fraction of sp³-hybridized carbons (Fsp3) is 0.231. The molecule has 34 heavy (non-hydrogen) atoms. The zero-order valence-electron chi connectivity index (χ0n) is 19.2. The largest absolute Gasteiger partial charge is 0.496 e. The van der Waals surface area contributed by atoms with Crippen LogP contribution in [-0.4, -0.2) is 27.7 Å². The molecule has 4 aromatic rings. The summed E-state index contributed by atoms with van der Waals surface area (Å²) in [7, 11) is 1.66. The number of anilines is 1. The fourth-order valence-electron chi connectivity index (χ4n) is 4.37. The Bertz CT molecular complexity index is 1350. The first kappa shape index (κ1) is 22.3. The monoisotopic (exact) mass is 520 g/mol. The minimum atomic E-state index is -0.371. The lowest BCUT2D eigenvalue weighted by Gasteiger charge is -2.38. The van der Waals surface area contributed by atoms with Gasteiger partial charge in [0.15, 0.2) is 0 Å². The molecule has 0 fully saturated rings. The standard InChI is InChI=1S/C26H25BrN4O3/c1-16-24(27)17(2)31(29-16)14-19-13-18(10-11-23(19)33-3)25-28-22-9-5-4-8-21(22)26(32)30(25)15-20-7-6-12-34-20/h4-13,25,28H,14-15H2,1-3H3. The van der Waals surface area contributed by atoms with Crippen molar-refractivity contribution in [3.63, 3.8) is 0 Å². The van der Waals surface area contributed by atoms with Crippen LogP contribution in [0.25, 0.3) is 0 Å². The summed E-state index contributed by atoms with van der Waals surface area (Å²) in [6.45, 7) is 4.90. The normalized spacial score (nSPS) is 15.2. The van der Waals surface area contributed by atoms with Gasteiger partial charge < -0.3 is 19.4 Å². The van der Waals surface area contributed by atoms with E-state index in [1.54, 1.807) is 18.3 Å². The predicted octanol–water partition coefficient (Wildman–Crippen LogP) is 5.68. The Hall–Kier alpha value is -3.52. The van der Waals surface area contributed by atoms with Gasteiger partial charge in [-0.1, -0.05) is 18.2 Å².